The summed E-state index contributed by atoms with van der Waals surface area (Å²) in [5.74, 6) is -0.563. The van der Waals surface area contributed by atoms with Gasteiger partial charge in [0, 0.05) is 13.0 Å². The molecule has 100 valence electrons. The van der Waals surface area contributed by atoms with E-state index in [1.165, 1.54) is 4.90 Å². The van der Waals surface area contributed by atoms with E-state index in [2.05, 4.69) is 0 Å². The molecule has 1 aliphatic rings. The van der Waals surface area contributed by atoms with Crippen LogP contribution in [-0.4, -0.2) is 22.5 Å². The zero-order chi connectivity index (χ0) is 14.2. The van der Waals surface area contributed by atoms with Crippen molar-refractivity contribution in [2.45, 2.75) is 6.42 Å². The minimum absolute atomic E-state index is 0.0442. The van der Waals surface area contributed by atoms with Crippen LogP contribution in [0, 0.1) is 0 Å². The molecule has 3 N–H and O–H groups in total. The number of benzene rings is 1. The standard InChI is InChI=1S/C12H10Cl2N2O2S/c13-6-2-1-3-7(10(6)14)16-5-4-8(17)9(11(15)19)12(16)18/h1-3,17H,4-5H2,(H2,15,19). The quantitative estimate of drug-likeness (QED) is 0.823. The van der Waals surface area contributed by atoms with Gasteiger partial charge >= 0.3 is 0 Å². The van der Waals surface area contributed by atoms with E-state index >= 15 is 0 Å². The Bertz CT molecular complexity index is 601. The fraction of sp³-hybridized carbons (Fsp3) is 0.167. The number of halogens is 2. The van der Waals surface area contributed by atoms with Crippen LogP contribution in [0.2, 0.25) is 10.0 Å². The predicted molar refractivity (Wildman–Crippen MR) is 79.9 cm³/mol. The number of carbonyl (C=O) groups is 1. The first kappa shape index (κ1) is 14.1. The molecule has 0 unspecified atom stereocenters. The number of hydrogen-bond donors (Lipinski definition) is 2. The van der Waals surface area contributed by atoms with Crippen molar-refractivity contribution in [3.8, 4) is 0 Å². The molecule has 1 aromatic rings. The second-order valence-electron chi connectivity index (χ2n) is 3.97. The number of nitrogens with zero attached hydrogens (tertiary/aromatic N) is 1. The number of rotatable bonds is 2. The molecule has 0 bridgehead atoms. The lowest BCUT2D eigenvalue weighted by molar-refractivity contribution is -0.115. The number of aliphatic hydroxyl groups is 1. The maximum atomic E-state index is 12.3. The van der Waals surface area contributed by atoms with Gasteiger partial charge in [-0.2, -0.15) is 0 Å². The number of thiocarbonyl (C=S) groups is 1. The van der Waals surface area contributed by atoms with E-state index < -0.39 is 5.91 Å². The summed E-state index contributed by atoms with van der Waals surface area (Å²) in [6.07, 6.45) is 0.265. The molecule has 0 fully saturated rings. The molecule has 2 rings (SSSR count). The minimum atomic E-state index is -0.472. The first-order valence-electron chi connectivity index (χ1n) is 5.41. The fourth-order valence-corrected chi connectivity index (χ4v) is 2.48. The SMILES string of the molecule is NC(=S)C1=C(O)CCN(c2cccc(Cl)c2Cl)C1=O. The van der Waals surface area contributed by atoms with Gasteiger partial charge in [0.05, 0.1) is 15.7 Å². The van der Waals surface area contributed by atoms with Gasteiger partial charge in [0.15, 0.2) is 0 Å². The number of anilines is 1. The van der Waals surface area contributed by atoms with E-state index in [9.17, 15) is 9.90 Å². The van der Waals surface area contributed by atoms with Crippen molar-refractivity contribution in [1.82, 2.24) is 0 Å². The van der Waals surface area contributed by atoms with Crippen molar-refractivity contribution in [2.75, 3.05) is 11.4 Å². The molecule has 1 aromatic carbocycles. The van der Waals surface area contributed by atoms with Gasteiger partial charge in [-0.1, -0.05) is 41.5 Å². The average molecular weight is 317 g/mol. The number of amides is 1. The Labute approximate surface area is 125 Å². The third-order valence-corrected chi connectivity index (χ3v) is 3.80. The molecule has 0 radical (unpaired) electrons. The first-order chi connectivity index (χ1) is 8.93. The molecule has 0 aromatic heterocycles. The van der Waals surface area contributed by atoms with Crippen molar-refractivity contribution >= 4 is 52.0 Å². The number of carbonyl (C=O) groups excluding carboxylic acids is 1. The lowest BCUT2D eigenvalue weighted by atomic mass is 10.1. The Kier molecular flexibility index (Phi) is 3.99. The average Bonchev–Trinajstić information content (AvgIpc) is 2.33. The van der Waals surface area contributed by atoms with Gasteiger partial charge < -0.3 is 15.7 Å². The number of aliphatic hydroxyl groups excluding tert-OH is 1. The summed E-state index contributed by atoms with van der Waals surface area (Å²) < 4.78 is 0. The molecule has 4 nitrogen and oxygen atoms in total. The topological polar surface area (TPSA) is 66.6 Å². The smallest absolute Gasteiger partial charge is 0.264 e. The van der Waals surface area contributed by atoms with Crippen LogP contribution in [0.5, 0.6) is 0 Å². The number of nitrogens with two attached hydrogens (primary N) is 1. The van der Waals surface area contributed by atoms with Crippen LogP contribution < -0.4 is 10.6 Å². The van der Waals surface area contributed by atoms with Gasteiger partial charge in [-0.3, -0.25) is 4.79 Å². The molecule has 7 heteroatoms. The highest BCUT2D eigenvalue weighted by Gasteiger charge is 2.31. The molecule has 19 heavy (non-hydrogen) atoms. The molecule has 1 aliphatic heterocycles. The zero-order valence-electron chi connectivity index (χ0n) is 9.69. The molecule has 0 aliphatic carbocycles. The number of hydrogen-bond acceptors (Lipinski definition) is 3. The first-order valence-corrected chi connectivity index (χ1v) is 6.57. The molecule has 1 amide bonds. The van der Waals surface area contributed by atoms with Gasteiger partial charge in [0.1, 0.15) is 16.3 Å². The third-order valence-electron chi connectivity index (χ3n) is 2.79. The summed E-state index contributed by atoms with van der Waals surface area (Å²) in [7, 11) is 0. The van der Waals surface area contributed by atoms with Crippen molar-refractivity contribution in [3.05, 3.63) is 39.6 Å². The summed E-state index contributed by atoms with van der Waals surface area (Å²) >= 11 is 16.8. The van der Waals surface area contributed by atoms with Crippen LogP contribution in [-0.2, 0) is 4.79 Å². The minimum Gasteiger partial charge on any atom is -0.511 e. The molecular formula is C12H10Cl2N2O2S. The van der Waals surface area contributed by atoms with E-state index in [1.807, 2.05) is 0 Å². The lowest BCUT2D eigenvalue weighted by Crippen LogP contribution is -2.41. The van der Waals surface area contributed by atoms with Crippen LogP contribution >= 0.6 is 35.4 Å². The summed E-state index contributed by atoms with van der Waals surface area (Å²) in [6.45, 7) is 0.289. The van der Waals surface area contributed by atoms with E-state index in [0.717, 1.165) is 0 Å². The predicted octanol–water partition coefficient (Wildman–Crippen LogP) is 2.83. The summed E-state index contributed by atoms with van der Waals surface area (Å²) in [6, 6.07) is 4.99. The van der Waals surface area contributed by atoms with Crippen LogP contribution in [0.15, 0.2) is 29.5 Å². The van der Waals surface area contributed by atoms with Gasteiger partial charge in [-0.25, -0.2) is 0 Å². The Morgan fingerprint density at radius 3 is 2.74 bits per heavy atom. The summed E-state index contributed by atoms with van der Waals surface area (Å²) in [5.41, 5.74) is 5.89. The molecule has 1 heterocycles. The normalized spacial score (nSPS) is 15.9. The fourth-order valence-electron chi connectivity index (χ4n) is 1.88. The van der Waals surface area contributed by atoms with Gasteiger partial charge in [-0.15, -0.1) is 0 Å². The molecule has 0 saturated carbocycles. The highest BCUT2D eigenvalue weighted by atomic mass is 35.5. The Morgan fingerprint density at radius 2 is 2.11 bits per heavy atom. The maximum Gasteiger partial charge on any atom is 0.264 e. The van der Waals surface area contributed by atoms with Crippen LogP contribution in [0.3, 0.4) is 0 Å². The highest BCUT2D eigenvalue weighted by Crippen LogP contribution is 2.34. The summed E-state index contributed by atoms with van der Waals surface area (Å²) in [4.78, 5) is 13.6. The third kappa shape index (κ3) is 2.54. The summed E-state index contributed by atoms with van der Waals surface area (Å²) in [5, 5.41) is 10.3. The van der Waals surface area contributed by atoms with Gasteiger partial charge in [0.25, 0.3) is 5.91 Å². The Morgan fingerprint density at radius 1 is 1.42 bits per heavy atom. The van der Waals surface area contributed by atoms with E-state index in [0.29, 0.717) is 10.7 Å². The molecule has 0 saturated heterocycles. The van der Waals surface area contributed by atoms with Gasteiger partial charge in [-0.05, 0) is 12.1 Å². The van der Waals surface area contributed by atoms with Gasteiger partial charge in [0.2, 0.25) is 0 Å². The largest absolute Gasteiger partial charge is 0.511 e. The molecular weight excluding hydrogens is 307 g/mol. The monoisotopic (exact) mass is 316 g/mol. The van der Waals surface area contributed by atoms with Crippen LogP contribution in [0.1, 0.15) is 6.42 Å². The van der Waals surface area contributed by atoms with Crippen molar-refractivity contribution in [2.24, 2.45) is 5.73 Å². The van der Waals surface area contributed by atoms with E-state index in [-0.39, 0.29) is 34.3 Å². The molecule has 0 atom stereocenters. The van der Waals surface area contributed by atoms with Crippen LogP contribution in [0.25, 0.3) is 0 Å². The maximum absolute atomic E-state index is 12.3. The zero-order valence-corrected chi connectivity index (χ0v) is 12.0. The van der Waals surface area contributed by atoms with Crippen molar-refractivity contribution in [1.29, 1.82) is 0 Å². The lowest BCUT2D eigenvalue weighted by Gasteiger charge is -2.29. The Balaban J connectivity index is 2.47. The van der Waals surface area contributed by atoms with E-state index in [4.69, 9.17) is 41.2 Å². The van der Waals surface area contributed by atoms with Crippen molar-refractivity contribution < 1.29 is 9.90 Å². The molecule has 0 spiro atoms. The highest BCUT2D eigenvalue weighted by molar-refractivity contribution is 7.80. The van der Waals surface area contributed by atoms with Crippen molar-refractivity contribution in [3.63, 3.8) is 0 Å². The Hall–Kier alpha value is -1.30. The van der Waals surface area contributed by atoms with Crippen LogP contribution in [0.4, 0.5) is 5.69 Å². The van der Waals surface area contributed by atoms with E-state index in [1.54, 1.807) is 18.2 Å². The second-order valence-corrected chi connectivity index (χ2v) is 5.19. The second kappa shape index (κ2) is 5.36.